The molecule has 0 spiro atoms. The predicted octanol–water partition coefficient (Wildman–Crippen LogP) is 2.25. The van der Waals surface area contributed by atoms with Crippen molar-refractivity contribution in [1.29, 1.82) is 0 Å². The SMILES string of the molecule is Brc1ccc(I)cc1-c1nc(N2CCNCC2)n[nH]1. The lowest BCUT2D eigenvalue weighted by Crippen LogP contribution is -2.44. The standard InChI is InChI=1S/C12H13BrIN5/c13-10-2-1-8(14)7-9(10)11-16-12(18-17-11)19-5-3-15-4-6-19/h1-2,7,15H,3-6H2,(H,16,17,18). The van der Waals surface area contributed by atoms with Crippen LogP contribution in [0, 0.1) is 3.57 Å². The van der Waals surface area contributed by atoms with Crippen LogP contribution in [0.4, 0.5) is 5.95 Å². The number of aromatic nitrogens is 3. The number of H-pyrrole nitrogens is 1. The molecule has 19 heavy (non-hydrogen) atoms. The molecular formula is C12H13BrIN5. The lowest BCUT2D eigenvalue weighted by molar-refractivity contribution is 0.580. The second-order valence-electron chi connectivity index (χ2n) is 4.35. The van der Waals surface area contributed by atoms with Gasteiger partial charge < -0.3 is 10.2 Å². The van der Waals surface area contributed by atoms with E-state index in [1.54, 1.807) is 0 Å². The van der Waals surface area contributed by atoms with Crippen molar-refractivity contribution in [2.75, 3.05) is 31.1 Å². The van der Waals surface area contributed by atoms with Crippen molar-refractivity contribution in [2.24, 2.45) is 0 Å². The molecule has 1 aromatic heterocycles. The van der Waals surface area contributed by atoms with Crippen LogP contribution in [0.15, 0.2) is 22.7 Å². The zero-order valence-corrected chi connectivity index (χ0v) is 13.9. The van der Waals surface area contributed by atoms with Crippen LogP contribution < -0.4 is 10.2 Å². The molecule has 0 amide bonds. The lowest BCUT2D eigenvalue weighted by atomic mass is 10.2. The van der Waals surface area contributed by atoms with Gasteiger partial charge in [-0.25, -0.2) is 0 Å². The zero-order chi connectivity index (χ0) is 13.2. The first-order valence-corrected chi connectivity index (χ1v) is 7.95. The first-order valence-electron chi connectivity index (χ1n) is 6.07. The highest BCUT2D eigenvalue weighted by Gasteiger charge is 2.16. The highest BCUT2D eigenvalue weighted by atomic mass is 127. The van der Waals surface area contributed by atoms with Crippen LogP contribution in [0.3, 0.4) is 0 Å². The van der Waals surface area contributed by atoms with Crippen molar-refractivity contribution < 1.29 is 0 Å². The minimum atomic E-state index is 0.780. The number of hydrogen-bond acceptors (Lipinski definition) is 4. The summed E-state index contributed by atoms with van der Waals surface area (Å²) in [5.41, 5.74) is 1.04. The smallest absolute Gasteiger partial charge is 0.245 e. The Kier molecular flexibility index (Phi) is 4.04. The topological polar surface area (TPSA) is 56.8 Å². The molecule has 0 saturated carbocycles. The van der Waals surface area contributed by atoms with E-state index in [-0.39, 0.29) is 0 Å². The molecule has 5 nitrogen and oxygen atoms in total. The second kappa shape index (κ2) is 5.76. The molecule has 1 fully saturated rings. The molecule has 2 heterocycles. The molecule has 100 valence electrons. The highest BCUT2D eigenvalue weighted by molar-refractivity contribution is 14.1. The fourth-order valence-electron chi connectivity index (χ4n) is 2.06. The number of piperazine rings is 1. The third kappa shape index (κ3) is 2.92. The summed E-state index contributed by atoms with van der Waals surface area (Å²) < 4.78 is 2.20. The summed E-state index contributed by atoms with van der Waals surface area (Å²) in [6.45, 7) is 3.86. The van der Waals surface area contributed by atoms with Gasteiger partial charge in [-0.2, -0.15) is 4.98 Å². The van der Waals surface area contributed by atoms with Crippen LogP contribution in [-0.2, 0) is 0 Å². The molecule has 7 heteroatoms. The molecular weight excluding hydrogens is 421 g/mol. The normalized spacial score (nSPS) is 15.8. The Balaban J connectivity index is 1.89. The maximum Gasteiger partial charge on any atom is 0.245 e. The van der Waals surface area contributed by atoms with E-state index >= 15 is 0 Å². The Labute approximate surface area is 133 Å². The largest absolute Gasteiger partial charge is 0.337 e. The summed E-state index contributed by atoms with van der Waals surface area (Å²) in [4.78, 5) is 6.80. The molecule has 1 aliphatic heterocycles. The third-order valence-electron chi connectivity index (χ3n) is 3.06. The van der Waals surface area contributed by atoms with Gasteiger partial charge in [-0.05, 0) is 40.8 Å². The zero-order valence-electron chi connectivity index (χ0n) is 10.2. The van der Waals surface area contributed by atoms with E-state index in [1.807, 2.05) is 6.07 Å². The Bertz CT molecular complexity index is 579. The molecule has 3 rings (SSSR count). The predicted molar refractivity (Wildman–Crippen MR) is 87.3 cm³/mol. The quantitative estimate of drug-likeness (QED) is 0.713. The minimum Gasteiger partial charge on any atom is -0.337 e. The Morgan fingerprint density at radius 1 is 1.26 bits per heavy atom. The van der Waals surface area contributed by atoms with Crippen LogP contribution >= 0.6 is 38.5 Å². The van der Waals surface area contributed by atoms with Gasteiger partial charge in [-0.15, -0.1) is 5.10 Å². The van der Waals surface area contributed by atoms with Crippen molar-refractivity contribution in [3.63, 3.8) is 0 Å². The molecule has 0 radical (unpaired) electrons. The number of anilines is 1. The number of rotatable bonds is 2. The average Bonchev–Trinajstić information content (AvgIpc) is 2.92. The Morgan fingerprint density at radius 3 is 2.84 bits per heavy atom. The first-order chi connectivity index (χ1) is 9.24. The maximum absolute atomic E-state index is 4.60. The summed E-state index contributed by atoms with van der Waals surface area (Å²) >= 11 is 5.86. The van der Waals surface area contributed by atoms with E-state index in [0.29, 0.717) is 0 Å². The molecule has 1 aliphatic rings. The van der Waals surface area contributed by atoms with Crippen molar-refractivity contribution in [2.45, 2.75) is 0 Å². The molecule has 2 aromatic rings. The van der Waals surface area contributed by atoms with Gasteiger partial charge in [0.2, 0.25) is 5.95 Å². The number of nitrogens with one attached hydrogen (secondary N) is 2. The van der Waals surface area contributed by atoms with E-state index in [9.17, 15) is 0 Å². The average molecular weight is 434 g/mol. The van der Waals surface area contributed by atoms with Gasteiger partial charge in [0, 0.05) is 39.8 Å². The van der Waals surface area contributed by atoms with Crippen LogP contribution in [-0.4, -0.2) is 41.4 Å². The molecule has 0 bridgehead atoms. The molecule has 0 atom stereocenters. The van der Waals surface area contributed by atoms with Crippen LogP contribution in [0.2, 0.25) is 0 Å². The maximum atomic E-state index is 4.60. The van der Waals surface area contributed by atoms with E-state index in [4.69, 9.17) is 0 Å². The minimum absolute atomic E-state index is 0.780. The van der Waals surface area contributed by atoms with Gasteiger partial charge in [0.15, 0.2) is 5.82 Å². The first kappa shape index (κ1) is 13.3. The van der Waals surface area contributed by atoms with E-state index in [2.05, 4.69) is 76.1 Å². The fraction of sp³-hybridized carbons (Fsp3) is 0.333. The van der Waals surface area contributed by atoms with Crippen LogP contribution in [0.25, 0.3) is 11.4 Å². The summed E-state index contributed by atoms with van der Waals surface area (Å²) in [6, 6.07) is 6.18. The van der Waals surface area contributed by atoms with Gasteiger partial charge in [-0.3, -0.25) is 5.10 Å². The second-order valence-corrected chi connectivity index (χ2v) is 6.45. The summed E-state index contributed by atoms with van der Waals surface area (Å²) in [7, 11) is 0. The monoisotopic (exact) mass is 433 g/mol. The number of hydrogen-bond donors (Lipinski definition) is 2. The molecule has 1 aromatic carbocycles. The number of halogens is 2. The highest BCUT2D eigenvalue weighted by Crippen LogP contribution is 2.28. The van der Waals surface area contributed by atoms with E-state index < -0.39 is 0 Å². The van der Waals surface area contributed by atoms with Crippen molar-refractivity contribution in [3.05, 3.63) is 26.2 Å². The summed E-state index contributed by atoms with van der Waals surface area (Å²) in [6.07, 6.45) is 0. The molecule has 0 aliphatic carbocycles. The van der Waals surface area contributed by atoms with Gasteiger partial charge in [0.05, 0.1) is 0 Å². The third-order valence-corrected chi connectivity index (χ3v) is 4.42. The number of benzene rings is 1. The summed E-state index contributed by atoms with van der Waals surface area (Å²) in [5.74, 6) is 1.58. The Hall–Kier alpha value is -0.670. The summed E-state index contributed by atoms with van der Waals surface area (Å²) in [5, 5.41) is 10.7. The number of aromatic amines is 1. The Morgan fingerprint density at radius 2 is 2.05 bits per heavy atom. The van der Waals surface area contributed by atoms with Gasteiger partial charge in [-0.1, -0.05) is 15.9 Å². The fourth-order valence-corrected chi connectivity index (χ4v) is 2.98. The van der Waals surface area contributed by atoms with Crippen LogP contribution in [0.5, 0.6) is 0 Å². The lowest BCUT2D eigenvalue weighted by Gasteiger charge is -2.25. The molecule has 2 N–H and O–H groups in total. The number of nitrogens with zero attached hydrogens (tertiary/aromatic N) is 3. The molecule has 1 saturated heterocycles. The van der Waals surface area contributed by atoms with E-state index in [0.717, 1.165) is 48.0 Å². The van der Waals surface area contributed by atoms with Gasteiger partial charge in [0.25, 0.3) is 0 Å². The van der Waals surface area contributed by atoms with Crippen molar-refractivity contribution in [1.82, 2.24) is 20.5 Å². The van der Waals surface area contributed by atoms with Crippen LogP contribution in [0.1, 0.15) is 0 Å². The van der Waals surface area contributed by atoms with Gasteiger partial charge in [0.1, 0.15) is 0 Å². The van der Waals surface area contributed by atoms with Gasteiger partial charge >= 0.3 is 0 Å². The van der Waals surface area contributed by atoms with Crippen molar-refractivity contribution >= 4 is 44.5 Å². The van der Waals surface area contributed by atoms with Crippen molar-refractivity contribution in [3.8, 4) is 11.4 Å². The van der Waals surface area contributed by atoms with E-state index in [1.165, 1.54) is 3.57 Å². The molecule has 0 unspecified atom stereocenters.